The molecule has 4 aromatic rings. The quantitative estimate of drug-likeness (QED) is 0.135. The summed E-state index contributed by atoms with van der Waals surface area (Å²) in [6.07, 6.45) is 3.82. The van der Waals surface area contributed by atoms with Crippen LogP contribution in [-0.2, 0) is 32.1 Å². The van der Waals surface area contributed by atoms with Gasteiger partial charge in [-0.1, -0.05) is 29.8 Å². The Morgan fingerprint density at radius 2 is 1.85 bits per heavy atom. The summed E-state index contributed by atoms with van der Waals surface area (Å²) in [5, 5.41) is 13.8. The molecule has 280 valence electrons. The van der Waals surface area contributed by atoms with Gasteiger partial charge in [-0.05, 0) is 68.5 Å². The molecule has 1 aliphatic carbocycles. The van der Waals surface area contributed by atoms with Gasteiger partial charge in [0.25, 0.3) is 5.91 Å². The molecule has 1 saturated carbocycles. The van der Waals surface area contributed by atoms with Crippen LogP contribution in [0.3, 0.4) is 0 Å². The van der Waals surface area contributed by atoms with Crippen molar-refractivity contribution in [3.05, 3.63) is 93.8 Å². The van der Waals surface area contributed by atoms with Crippen LogP contribution in [0.4, 0.5) is 21.0 Å². The van der Waals surface area contributed by atoms with E-state index in [1.165, 1.54) is 28.4 Å². The number of hydrogen-bond acceptors (Lipinski definition) is 10. The Hall–Kier alpha value is -5.41. The zero-order chi connectivity index (χ0) is 37.8. The molecule has 0 bridgehead atoms. The van der Waals surface area contributed by atoms with Crippen LogP contribution >= 0.6 is 22.9 Å². The van der Waals surface area contributed by atoms with Crippen molar-refractivity contribution >= 4 is 69.1 Å². The molecule has 1 atom stereocenters. The average Bonchev–Trinajstić information content (AvgIpc) is 3.79. The minimum Gasteiger partial charge on any atom is -0.487 e. The van der Waals surface area contributed by atoms with Gasteiger partial charge in [0.15, 0.2) is 16.7 Å². The molecular weight excluding hydrogens is 737 g/mol. The molecule has 7 rings (SSSR count). The first kappa shape index (κ1) is 36.9. The van der Waals surface area contributed by atoms with Crippen LogP contribution in [0.15, 0.2) is 66.2 Å². The van der Waals surface area contributed by atoms with Crippen molar-refractivity contribution < 1.29 is 33.1 Å². The van der Waals surface area contributed by atoms with Gasteiger partial charge in [-0.25, -0.2) is 14.4 Å². The molecule has 1 unspecified atom stereocenters. The molecule has 1 saturated heterocycles. The Kier molecular flexibility index (Phi) is 10.9. The summed E-state index contributed by atoms with van der Waals surface area (Å²) in [7, 11) is 0. The topological polar surface area (TPSA) is 172 Å². The van der Waals surface area contributed by atoms with Crippen molar-refractivity contribution in [1.29, 1.82) is 0 Å². The second-order valence-electron chi connectivity index (χ2n) is 13.6. The van der Waals surface area contributed by atoms with Crippen molar-refractivity contribution in [1.82, 2.24) is 25.5 Å². The number of thiazole rings is 1. The number of nitrogens with one attached hydrogen (secondary N) is 4. The van der Waals surface area contributed by atoms with Crippen molar-refractivity contribution in [3.8, 4) is 5.75 Å². The second kappa shape index (κ2) is 15.9. The van der Waals surface area contributed by atoms with Gasteiger partial charge in [0.1, 0.15) is 11.9 Å². The van der Waals surface area contributed by atoms with Crippen molar-refractivity contribution in [2.24, 2.45) is 5.41 Å². The zero-order valence-electron chi connectivity index (χ0n) is 29.0. The molecule has 2 aromatic heterocycles. The second-order valence-corrected chi connectivity index (χ2v) is 14.9. The normalized spacial score (nSPS) is 20.9. The number of carbonyl (C=O) groups excluding carboxylic acids is 5. The van der Waals surface area contributed by atoms with Crippen LogP contribution in [0.25, 0.3) is 0 Å². The molecule has 2 aromatic carbocycles. The molecule has 2 aliphatic heterocycles. The minimum absolute atomic E-state index is 0.0299. The van der Waals surface area contributed by atoms with Crippen LogP contribution in [-0.4, -0.2) is 63.1 Å². The van der Waals surface area contributed by atoms with Crippen molar-refractivity contribution in [2.45, 2.75) is 70.1 Å². The number of benzene rings is 2. The number of carbonyl (C=O) groups is 5. The number of fused-ring (bicyclic) bond motifs is 1. The van der Waals surface area contributed by atoms with Crippen molar-refractivity contribution in [2.75, 3.05) is 17.2 Å². The number of piperidine rings is 1. The van der Waals surface area contributed by atoms with Crippen LogP contribution in [0.5, 0.6) is 5.75 Å². The lowest BCUT2D eigenvalue weighted by Crippen LogP contribution is -2.52. The number of aromatic nitrogens is 2. The Balaban J connectivity index is 1.000. The fraction of sp³-hybridized carbons (Fsp3) is 0.342. The lowest BCUT2D eigenvalue weighted by Gasteiger charge is -2.39. The molecule has 2 fully saturated rings. The maximum Gasteiger partial charge on any atom is 0.255 e. The number of rotatable bonds is 12. The van der Waals surface area contributed by atoms with E-state index < -0.39 is 23.2 Å². The highest BCUT2D eigenvalue weighted by Gasteiger charge is 2.43. The highest BCUT2D eigenvalue weighted by Crippen LogP contribution is 2.41. The monoisotopic (exact) mass is 773 g/mol. The third-order valence-corrected chi connectivity index (χ3v) is 11.0. The van der Waals surface area contributed by atoms with Crippen LogP contribution < -0.4 is 26.0 Å². The van der Waals surface area contributed by atoms with Gasteiger partial charge >= 0.3 is 0 Å². The Morgan fingerprint density at radius 1 is 1.06 bits per heavy atom. The molecule has 0 spiro atoms. The molecule has 4 heterocycles. The van der Waals surface area contributed by atoms with Crippen LogP contribution in [0, 0.1) is 11.2 Å². The number of nitrogens with zero attached hydrogens (tertiary/aromatic N) is 3. The fourth-order valence-corrected chi connectivity index (χ4v) is 7.98. The summed E-state index contributed by atoms with van der Waals surface area (Å²) in [5.41, 5.74) is 1.22. The summed E-state index contributed by atoms with van der Waals surface area (Å²) in [5.74, 6) is -1.79. The van der Waals surface area contributed by atoms with E-state index >= 15 is 0 Å². The Bertz CT molecular complexity index is 2090. The predicted octanol–water partition coefficient (Wildman–Crippen LogP) is 5.53. The average molecular weight is 774 g/mol. The third kappa shape index (κ3) is 8.06. The van der Waals surface area contributed by atoms with E-state index in [9.17, 15) is 28.4 Å². The summed E-state index contributed by atoms with van der Waals surface area (Å²) in [6.45, 7) is 0.162. The van der Waals surface area contributed by atoms with E-state index in [1.807, 2.05) is 23.6 Å². The predicted molar refractivity (Wildman–Crippen MR) is 199 cm³/mol. The summed E-state index contributed by atoms with van der Waals surface area (Å²) in [6, 6.07) is 14.4. The highest BCUT2D eigenvalue weighted by molar-refractivity contribution is 7.13. The van der Waals surface area contributed by atoms with Gasteiger partial charge in [0, 0.05) is 66.4 Å². The molecule has 4 N–H and O–H groups in total. The summed E-state index contributed by atoms with van der Waals surface area (Å²) >= 11 is 7.41. The lowest BCUT2D eigenvalue weighted by molar-refractivity contribution is -0.137. The number of halogens is 2. The molecule has 0 radical (unpaired) electrons. The van der Waals surface area contributed by atoms with Gasteiger partial charge in [0.2, 0.25) is 23.6 Å². The molecular formula is C38H37ClFN7O6S. The maximum atomic E-state index is 14.6. The smallest absolute Gasteiger partial charge is 0.255 e. The number of amides is 5. The standard InChI is InChI=1S/C38H37ClFN7O6S/c39-26-6-3-8-29(33(26)40)53-23-12-15-38(16-13-23,20-22-4-1-9-30(43-22)45-37-42-18-19-54-37)36(52)41-17-14-32(49)44-27-7-2-5-24-25(27)21-47(35(24)51)28-10-11-31(48)46-34(28)50/h1-9,18-19,23,28H,10-17,20-21H2,(H,41,52)(H,44,49)(H,42,43,45)(H,46,48,50). The van der Waals surface area contributed by atoms with Gasteiger partial charge < -0.3 is 25.6 Å². The lowest BCUT2D eigenvalue weighted by atomic mass is 9.69. The number of pyridine rings is 1. The van der Waals surface area contributed by atoms with Crippen LogP contribution in [0.1, 0.15) is 66.6 Å². The largest absolute Gasteiger partial charge is 0.487 e. The maximum absolute atomic E-state index is 14.6. The summed E-state index contributed by atoms with van der Waals surface area (Å²) in [4.78, 5) is 75.1. The summed E-state index contributed by atoms with van der Waals surface area (Å²) < 4.78 is 20.6. The van der Waals surface area contributed by atoms with E-state index in [2.05, 4.69) is 26.3 Å². The van der Waals surface area contributed by atoms with E-state index in [0.717, 1.165) is 0 Å². The minimum atomic E-state index is -0.879. The van der Waals surface area contributed by atoms with E-state index in [1.54, 1.807) is 30.5 Å². The van der Waals surface area contributed by atoms with Crippen LogP contribution in [0.2, 0.25) is 5.02 Å². The van der Waals surface area contributed by atoms with E-state index in [0.29, 0.717) is 65.6 Å². The first-order valence-corrected chi connectivity index (χ1v) is 18.9. The SMILES string of the molecule is O=C1CCC(N2Cc3c(NC(=O)CCNC(=O)C4(Cc5cccc(Nc6nccs6)n5)CCC(Oc5cccc(Cl)c5F)CC4)cccc3C2=O)C(=O)N1. The van der Waals surface area contributed by atoms with E-state index in [4.69, 9.17) is 21.3 Å². The molecule has 5 amide bonds. The molecule has 16 heteroatoms. The number of hydrogen-bond donors (Lipinski definition) is 4. The van der Waals surface area contributed by atoms with E-state index in [-0.39, 0.29) is 72.9 Å². The van der Waals surface area contributed by atoms with Crippen molar-refractivity contribution in [3.63, 3.8) is 0 Å². The first-order valence-electron chi connectivity index (χ1n) is 17.7. The zero-order valence-corrected chi connectivity index (χ0v) is 30.6. The number of ether oxygens (including phenoxy) is 1. The Morgan fingerprint density at radius 3 is 2.63 bits per heavy atom. The highest BCUT2D eigenvalue weighted by atomic mass is 35.5. The third-order valence-electron chi connectivity index (χ3n) is 10.1. The van der Waals surface area contributed by atoms with Gasteiger partial charge in [-0.15, -0.1) is 11.3 Å². The number of imide groups is 1. The number of anilines is 3. The van der Waals surface area contributed by atoms with Gasteiger partial charge in [-0.3, -0.25) is 29.3 Å². The fourth-order valence-electron chi connectivity index (χ4n) is 7.28. The molecule has 3 aliphatic rings. The first-order chi connectivity index (χ1) is 26.1. The van der Waals surface area contributed by atoms with Gasteiger partial charge in [0.05, 0.1) is 16.5 Å². The molecule has 13 nitrogen and oxygen atoms in total. The Labute approximate surface area is 319 Å². The molecule has 54 heavy (non-hydrogen) atoms. The van der Waals surface area contributed by atoms with Gasteiger partial charge in [-0.2, -0.15) is 0 Å².